The summed E-state index contributed by atoms with van der Waals surface area (Å²) >= 11 is 0. The molecule has 0 aliphatic carbocycles. The Morgan fingerprint density at radius 2 is 2.50 bits per heavy atom. The first-order valence-electron chi connectivity index (χ1n) is 4.21. The Balaban J connectivity index is 2.24. The van der Waals surface area contributed by atoms with Gasteiger partial charge in [-0.15, -0.1) is 0 Å². The molecule has 2 heteroatoms. The number of piperidine rings is 1. The van der Waals surface area contributed by atoms with Crippen molar-refractivity contribution in [3.8, 4) is 0 Å². The maximum absolute atomic E-state index is 11.2. The van der Waals surface area contributed by atoms with Crippen LogP contribution in [0.2, 0.25) is 0 Å². The normalized spacial score (nSPS) is 30.0. The monoisotopic (exact) mass is 142 g/mol. The molecule has 0 bridgehead atoms. The van der Waals surface area contributed by atoms with Crippen LogP contribution in [0.4, 0.5) is 0 Å². The van der Waals surface area contributed by atoms with Crippen LogP contribution in [0.25, 0.3) is 0 Å². The molecule has 10 heavy (non-hydrogen) atoms. The Kier molecular flexibility index (Phi) is 3.16. The minimum atomic E-state index is -0.326. The molecule has 2 atom stereocenters. The number of rotatable bonds is 2. The average Bonchev–Trinajstić information content (AvgIpc) is 2.05. The zero-order valence-electron chi connectivity index (χ0n) is 6.60. The van der Waals surface area contributed by atoms with Gasteiger partial charge in [-0.1, -0.05) is 6.92 Å². The third-order valence-electron chi connectivity index (χ3n) is 2.26. The molecule has 1 aliphatic rings. The van der Waals surface area contributed by atoms with E-state index in [0.29, 0.717) is 5.92 Å². The smallest absolute Gasteiger partial charge is 0.0967 e. The van der Waals surface area contributed by atoms with Gasteiger partial charge in [0.2, 0.25) is 0 Å². The molecule has 1 saturated heterocycles. The molecular weight excluding hydrogens is 126 g/mol. The van der Waals surface area contributed by atoms with E-state index in [-0.39, 0.29) is 6.10 Å². The molecule has 1 aliphatic heterocycles. The summed E-state index contributed by atoms with van der Waals surface area (Å²) < 4.78 is 0. The molecule has 0 aromatic rings. The van der Waals surface area contributed by atoms with Crippen LogP contribution in [0, 0.1) is 5.92 Å². The predicted octanol–water partition coefficient (Wildman–Crippen LogP) is 1.20. The number of nitrogens with one attached hydrogen (secondary N) is 1. The average molecular weight is 142 g/mol. The van der Waals surface area contributed by atoms with Crippen molar-refractivity contribution in [3.05, 3.63) is 0 Å². The van der Waals surface area contributed by atoms with Crippen LogP contribution in [-0.4, -0.2) is 19.2 Å². The van der Waals surface area contributed by atoms with E-state index in [1.165, 1.54) is 6.42 Å². The first-order valence-corrected chi connectivity index (χ1v) is 4.21. The quantitative estimate of drug-likeness (QED) is 0.617. The van der Waals surface area contributed by atoms with Gasteiger partial charge in [-0.05, 0) is 25.8 Å². The fourth-order valence-electron chi connectivity index (χ4n) is 1.53. The molecule has 1 heterocycles. The highest BCUT2D eigenvalue weighted by Gasteiger charge is 2.20. The second kappa shape index (κ2) is 3.94. The molecule has 0 saturated carbocycles. The molecule has 1 rings (SSSR count). The Bertz CT molecular complexity index is 89.3. The molecule has 2 unspecified atom stereocenters. The van der Waals surface area contributed by atoms with E-state index in [4.69, 9.17) is 0 Å². The summed E-state index contributed by atoms with van der Waals surface area (Å²) in [5.41, 5.74) is 0. The van der Waals surface area contributed by atoms with Gasteiger partial charge in [-0.25, -0.2) is 5.11 Å². The summed E-state index contributed by atoms with van der Waals surface area (Å²) in [6.45, 7) is 4.03. The van der Waals surface area contributed by atoms with E-state index in [9.17, 15) is 5.11 Å². The van der Waals surface area contributed by atoms with Crippen molar-refractivity contribution in [1.82, 2.24) is 5.32 Å². The number of hydrogen-bond acceptors (Lipinski definition) is 1. The van der Waals surface area contributed by atoms with Gasteiger partial charge in [0.1, 0.15) is 0 Å². The van der Waals surface area contributed by atoms with Crippen LogP contribution in [-0.2, 0) is 5.11 Å². The summed E-state index contributed by atoms with van der Waals surface area (Å²) in [6, 6.07) is 0. The highest BCUT2D eigenvalue weighted by Crippen LogP contribution is 2.16. The van der Waals surface area contributed by atoms with Crippen molar-refractivity contribution in [2.75, 3.05) is 13.1 Å². The molecule has 2 nitrogen and oxygen atoms in total. The van der Waals surface area contributed by atoms with Crippen molar-refractivity contribution in [2.24, 2.45) is 5.92 Å². The fourth-order valence-corrected chi connectivity index (χ4v) is 1.53. The summed E-state index contributed by atoms with van der Waals surface area (Å²) in [4.78, 5) is 0. The molecule has 1 fully saturated rings. The van der Waals surface area contributed by atoms with Crippen molar-refractivity contribution in [1.29, 1.82) is 0 Å². The molecule has 0 spiro atoms. The molecule has 0 amide bonds. The van der Waals surface area contributed by atoms with Crippen molar-refractivity contribution in [2.45, 2.75) is 32.3 Å². The van der Waals surface area contributed by atoms with Crippen molar-refractivity contribution >= 4 is 0 Å². The van der Waals surface area contributed by atoms with Gasteiger partial charge in [0, 0.05) is 12.5 Å². The van der Waals surface area contributed by atoms with E-state index < -0.39 is 0 Å². The van der Waals surface area contributed by atoms with Gasteiger partial charge in [-0.3, -0.25) is 0 Å². The van der Waals surface area contributed by atoms with Crippen LogP contribution >= 0.6 is 0 Å². The van der Waals surface area contributed by atoms with Crippen molar-refractivity contribution < 1.29 is 5.11 Å². The topological polar surface area (TPSA) is 31.9 Å². The van der Waals surface area contributed by atoms with Crippen molar-refractivity contribution in [3.63, 3.8) is 0 Å². The minimum Gasteiger partial charge on any atom is -0.316 e. The first kappa shape index (κ1) is 8.02. The number of hydrogen-bond donors (Lipinski definition) is 1. The van der Waals surface area contributed by atoms with Crippen LogP contribution < -0.4 is 5.32 Å². The van der Waals surface area contributed by atoms with Crippen LogP contribution in [0.3, 0.4) is 0 Å². The molecule has 59 valence electrons. The van der Waals surface area contributed by atoms with Gasteiger partial charge in [0.15, 0.2) is 0 Å². The third kappa shape index (κ3) is 1.96. The molecule has 0 aromatic carbocycles. The SMILES string of the molecule is CCC([O])C1CCCNC1. The summed E-state index contributed by atoms with van der Waals surface area (Å²) in [7, 11) is 0. The lowest BCUT2D eigenvalue weighted by atomic mass is 9.92. The molecule has 1 radical (unpaired) electrons. The Morgan fingerprint density at radius 3 is 3.00 bits per heavy atom. The van der Waals surface area contributed by atoms with E-state index in [1.807, 2.05) is 6.92 Å². The molecular formula is C8H16NO. The maximum atomic E-state index is 11.2. The zero-order valence-corrected chi connectivity index (χ0v) is 6.60. The van der Waals surface area contributed by atoms with Crippen LogP contribution in [0.5, 0.6) is 0 Å². The lowest BCUT2D eigenvalue weighted by Crippen LogP contribution is -2.35. The van der Waals surface area contributed by atoms with Gasteiger partial charge in [0.05, 0.1) is 6.10 Å². The lowest BCUT2D eigenvalue weighted by Gasteiger charge is -2.24. The minimum absolute atomic E-state index is 0.326. The second-order valence-electron chi connectivity index (χ2n) is 3.05. The second-order valence-corrected chi connectivity index (χ2v) is 3.05. The van der Waals surface area contributed by atoms with E-state index in [0.717, 1.165) is 25.9 Å². The van der Waals surface area contributed by atoms with Crippen LogP contribution in [0.15, 0.2) is 0 Å². The Morgan fingerprint density at radius 1 is 1.70 bits per heavy atom. The molecule has 1 N–H and O–H groups in total. The highest BCUT2D eigenvalue weighted by atomic mass is 16.3. The summed E-state index contributed by atoms with van der Waals surface area (Å²) in [6.07, 6.45) is 2.78. The lowest BCUT2D eigenvalue weighted by molar-refractivity contribution is 0.0241. The zero-order chi connectivity index (χ0) is 7.40. The standard InChI is InChI=1S/C8H16NO/c1-2-8(10)7-4-3-5-9-6-7/h7-9H,2-6H2,1H3. The van der Waals surface area contributed by atoms with Gasteiger partial charge >= 0.3 is 0 Å². The predicted molar refractivity (Wildman–Crippen MR) is 40.4 cm³/mol. The summed E-state index contributed by atoms with van der Waals surface area (Å²) in [5, 5.41) is 14.5. The van der Waals surface area contributed by atoms with Gasteiger partial charge < -0.3 is 5.32 Å². The largest absolute Gasteiger partial charge is 0.316 e. The van der Waals surface area contributed by atoms with E-state index >= 15 is 0 Å². The molecule has 0 aromatic heterocycles. The van der Waals surface area contributed by atoms with Crippen LogP contribution in [0.1, 0.15) is 26.2 Å². The first-order chi connectivity index (χ1) is 4.84. The van der Waals surface area contributed by atoms with E-state index in [2.05, 4.69) is 5.32 Å². The van der Waals surface area contributed by atoms with E-state index in [1.54, 1.807) is 0 Å². The van der Waals surface area contributed by atoms with Gasteiger partial charge in [0.25, 0.3) is 0 Å². The summed E-state index contributed by atoms with van der Waals surface area (Å²) in [5.74, 6) is 0.402. The van der Waals surface area contributed by atoms with Gasteiger partial charge in [-0.2, -0.15) is 0 Å². The fraction of sp³-hybridized carbons (Fsp3) is 1.00. The highest BCUT2D eigenvalue weighted by molar-refractivity contribution is 4.74. The Hall–Kier alpha value is -0.0800. The maximum Gasteiger partial charge on any atom is 0.0967 e. The third-order valence-corrected chi connectivity index (χ3v) is 2.26. The Labute approximate surface area is 62.6 Å².